The summed E-state index contributed by atoms with van der Waals surface area (Å²) in [5.74, 6) is -2.04. The van der Waals surface area contributed by atoms with Gasteiger partial charge in [0.05, 0.1) is 30.1 Å². The minimum Gasteiger partial charge on any atom is -0.449 e. The van der Waals surface area contributed by atoms with Crippen molar-refractivity contribution in [3.05, 3.63) is 82.4 Å². The Morgan fingerprint density at radius 3 is 2.51 bits per heavy atom. The number of cyclic esters (lactones) is 1. The van der Waals surface area contributed by atoms with E-state index in [0.717, 1.165) is 31.2 Å². The maximum absolute atomic E-state index is 14.9. The molecule has 2 saturated heterocycles. The van der Waals surface area contributed by atoms with Crippen LogP contribution in [0.5, 0.6) is 0 Å². The van der Waals surface area contributed by atoms with Gasteiger partial charge >= 0.3 is 12.3 Å². The number of carbonyl (C=O) groups is 3. The third-order valence-corrected chi connectivity index (χ3v) is 9.29. The Morgan fingerprint density at radius 2 is 1.77 bits per heavy atom. The molecule has 3 aromatic carbocycles. The number of nitrogens with one attached hydrogen (secondary N) is 1. The van der Waals surface area contributed by atoms with E-state index in [2.05, 4.69) is 5.32 Å². The molecule has 0 bridgehead atoms. The summed E-state index contributed by atoms with van der Waals surface area (Å²) in [4.78, 5) is 44.9. The molecule has 0 aromatic heterocycles. The SMILES string of the molecule is CCCCc1c2c(cc(C(=O)c3ccccc3N3CCCOC3=O)c1N1CCCCC1N)-c1ccccc1C2C(=O)NCC(F)(F)F. The lowest BCUT2D eigenvalue weighted by Gasteiger charge is -2.39. The third kappa shape index (κ3) is 6.33. The minimum atomic E-state index is -4.57. The van der Waals surface area contributed by atoms with Gasteiger partial charge in [-0.05, 0) is 84.5 Å². The second-order valence-corrected chi connectivity index (χ2v) is 12.4. The lowest BCUT2D eigenvalue weighted by Crippen LogP contribution is -2.47. The van der Waals surface area contributed by atoms with E-state index in [9.17, 15) is 27.6 Å². The number of hydrogen-bond donors (Lipinski definition) is 2. The molecule has 2 amide bonds. The number of nitrogens with zero attached hydrogens (tertiary/aromatic N) is 2. The van der Waals surface area contributed by atoms with Crippen LogP contribution in [0.3, 0.4) is 0 Å². The predicted octanol–water partition coefficient (Wildman–Crippen LogP) is 6.67. The summed E-state index contributed by atoms with van der Waals surface area (Å²) in [5.41, 5.74) is 11.8. The van der Waals surface area contributed by atoms with Gasteiger partial charge in [0.15, 0.2) is 5.78 Å². The number of amides is 2. The lowest BCUT2D eigenvalue weighted by molar-refractivity contribution is -0.138. The van der Waals surface area contributed by atoms with Gasteiger partial charge in [0.1, 0.15) is 6.54 Å². The zero-order valence-electron chi connectivity index (χ0n) is 26.4. The number of piperidine rings is 1. The molecule has 248 valence electrons. The molecule has 47 heavy (non-hydrogen) atoms. The van der Waals surface area contributed by atoms with E-state index < -0.39 is 36.8 Å². The summed E-state index contributed by atoms with van der Waals surface area (Å²) < 4.78 is 45.1. The van der Waals surface area contributed by atoms with Gasteiger partial charge in [-0.25, -0.2) is 4.79 Å². The summed E-state index contributed by atoms with van der Waals surface area (Å²) in [5, 5.41) is 2.13. The first kappa shape index (κ1) is 32.6. The number of hydrogen-bond acceptors (Lipinski definition) is 6. The lowest BCUT2D eigenvalue weighted by atomic mass is 9.84. The van der Waals surface area contributed by atoms with Gasteiger partial charge < -0.3 is 20.7 Å². The van der Waals surface area contributed by atoms with Crippen LogP contribution in [0.2, 0.25) is 0 Å². The number of unbranched alkanes of at least 4 members (excludes halogenated alkanes) is 1. The number of para-hydroxylation sites is 1. The molecule has 2 aliphatic heterocycles. The van der Waals surface area contributed by atoms with Gasteiger partial charge in [0.2, 0.25) is 5.91 Å². The summed E-state index contributed by atoms with van der Waals surface area (Å²) in [7, 11) is 0. The number of alkyl halides is 3. The minimum absolute atomic E-state index is 0.310. The molecule has 0 radical (unpaired) electrons. The monoisotopic (exact) mass is 648 g/mol. The number of carbonyl (C=O) groups excluding carboxylic acids is 3. The quantitative estimate of drug-likeness (QED) is 0.251. The standard InChI is InChI=1S/C36H39F3N4O4/c1-2-3-11-25-30-26(22-12-4-5-13-23(22)31(30)34(45)41-21-36(37,38)39)20-27(32(25)43-17-9-8-16-29(43)40)33(44)24-14-6-7-15-28(24)42-18-10-19-47-35(42)46/h4-7,12-15,20,29,31H,2-3,8-11,16-19,21,40H2,1H3,(H,41,45). The maximum Gasteiger partial charge on any atom is 0.414 e. The van der Waals surface area contributed by atoms with Crippen LogP contribution < -0.4 is 20.9 Å². The largest absolute Gasteiger partial charge is 0.449 e. The zero-order chi connectivity index (χ0) is 33.3. The van der Waals surface area contributed by atoms with E-state index in [1.807, 2.05) is 24.0 Å². The molecule has 0 saturated carbocycles. The Labute approximate surface area is 272 Å². The molecular weight excluding hydrogens is 609 g/mol. The van der Waals surface area contributed by atoms with Crippen LogP contribution in [0, 0.1) is 0 Å². The van der Waals surface area contributed by atoms with Crippen molar-refractivity contribution in [2.45, 2.75) is 70.1 Å². The first-order valence-corrected chi connectivity index (χ1v) is 16.3. The van der Waals surface area contributed by atoms with E-state index in [1.54, 1.807) is 42.5 Å². The molecule has 2 heterocycles. The number of nitrogens with two attached hydrogens (primary N) is 1. The summed E-state index contributed by atoms with van der Waals surface area (Å²) >= 11 is 0. The molecule has 3 aromatic rings. The fraction of sp³-hybridized carbons (Fsp3) is 0.417. The fourth-order valence-electron chi connectivity index (χ4n) is 7.17. The number of ketones is 1. The van der Waals surface area contributed by atoms with Crippen LogP contribution in [0.15, 0.2) is 54.6 Å². The predicted molar refractivity (Wildman–Crippen MR) is 174 cm³/mol. The van der Waals surface area contributed by atoms with Crippen molar-refractivity contribution >= 4 is 29.2 Å². The molecule has 2 unspecified atom stereocenters. The topological polar surface area (TPSA) is 105 Å². The first-order valence-electron chi connectivity index (χ1n) is 16.3. The Balaban J connectivity index is 1.60. The zero-order valence-corrected chi connectivity index (χ0v) is 26.4. The highest BCUT2D eigenvalue weighted by Crippen LogP contribution is 2.51. The molecule has 8 nitrogen and oxygen atoms in total. The smallest absolute Gasteiger partial charge is 0.414 e. The van der Waals surface area contributed by atoms with Crippen LogP contribution in [0.1, 0.15) is 84.0 Å². The second-order valence-electron chi connectivity index (χ2n) is 12.4. The van der Waals surface area contributed by atoms with E-state index in [4.69, 9.17) is 10.5 Å². The van der Waals surface area contributed by atoms with Crippen molar-refractivity contribution in [1.82, 2.24) is 5.32 Å². The highest BCUT2D eigenvalue weighted by atomic mass is 19.4. The van der Waals surface area contributed by atoms with Crippen LogP contribution in [0.4, 0.5) is 29.3 Å². The number of halogens is 3. The highest BCUT2D eigenvalue weighted by Gasteiger charge is 2.41. The molecule has 1 aliphatic carbocycles. The van der Waals surface area contributed by atoms with Crippen molar-refractivity contribution in [1.29, 1.82) is 0 Å². The van der Waals surface area contributed by atoms with E-state index >= 15 is 0 Å². The summed E-state index contributed by atoms with van der Waals surface area (Å²) in [6, 6.07) is 15.9. The molecule has 3 N–H and O–H groups in total. The second kappa shape index (κ2) is 13.4. The average Bonchev–Trinajstić information content (AvgIpc) is 3.40. The molecule has 11 heteroatoms. The molecule has 0 spiro atoms. The molecule has 3 aliphatic rings. The number of anilines is 2. The van der Waals surface area contributed by atoms with Crippen LogP contribution in [-0.2, 0) is 16.0 Å². The summed E-state index contributed by atoms with van der Waals surface area (Å²) in [6.45, 7) is 1.89. The third-order valence-electron chi connectivity index (χ3n) is 9.29. The van der Waals surface area contributed by atoms with Crippen LogP contribution >= 0.6 is 0 Å². The maximum atomic E-state index is 14.9. The van der Waals surface area contributed by atoms with E-state index in [-0.39, 0.29) is 5.78 Å². The van der Waals surface area contributed by atoms with Gasteiger partial charge in [-0.15, -0.1) is 0 Å². The number of ether oxygens (including phenoxy) is 1. The number of fused-ring (bicyclic) bond motifs is 3. The van der Waals surface area contributed by atoms with Crippen molar-refractivity contribution < 1.29 is 32.3 Å². The Morgan fingerprint density at radius 1 is 1.00 bits per heavy atom. The van der Waals surface area contributed by atoms with Gasteiger partial charge in [0.25, 0.3) is 0 Å². The Hall–Kier alpha value is -4.38. The molecule has 6 rings (SSSR count). The Kier molecular flexibility index (Phi) is 9.27. The fourth-order valence-corrected chi connectivity index (χ4v) is 7.17. The van der Waals surface area contributed by atoms with Gasteiger partial charge in [0, 0.05) is 24.2 Å². The first-order chi connectivity index (χ1) is 22.6. The Bertz CT molecular complexity index is 1690. The van der Waals surface area contributed by atoms with Crippen LogP contribution in [0.25, 0.3) is 11.1 Å². The van der Waals surface area contributed by atoms with Gasteiger partial charge in [-0.3, -0.25) is 14.5 Å². The van der Waals surface area contributed by atoms with Crippen molar-refractivity contribution in [3.63, 3.8) is 0 Å². The highest BCUT2D eigenvalue weighted by molar-refractivity contribution is 6.18. The summed E-state index contributed by atoms with van der Waals surface area (Å²) in [6.07, 6.45) is -0.369. The normalized spacial score (nSPS) is 19.2. The van der Waals surface area contributed by atoms with Crippen LogP contribution in [-0.4, -0.2) is 56.4 Å². The van der Waals surface area contributed by atoms with Gasteiger partial charge in [-0.2, -0.15) is 13.2 Å². The molecule has 2 atom stereocenters. The molecule has 2 fully saturated rings. The number of benzene rings is 3. The average molecular weight is 649 g/mol. The van der Waals surface area contributed by atoms with Crippen molar-refractivity contribution in [2.75, 3.05) is 36.0 Å². The van der Waals surface area contributed by atoms with E-state index in [0.29, 0.717) is 83.7 Å². The molecular formula is C36H39F3N4O4. The number of rotatable bonds is 9. The van der Waals surface area contributed by atoms with Crippen molar-refractivity contribution in [2.24, 2.45) is 5.73 Å². The van der Waals surface area contributed by atoms with Crippen molar-refractivity contribution in [3.8, 4) is 11.1 Å². The van der Waals surface area contributed by atoms with E-state index in [1.165, 1.54) is 4.90 Å². The van der Waals surface area contributed by atoms with Gasteiger partial charge in [-0.1, -0.05) is 49.7 Å².